The van der Waals surface area contributed by atoms with Crippen LogP contribution in [0.2, 0.25) is 0 Å². The largest absolute Gasteiger partial charge is 0.357 e. The number of rotatable bonds is 8. The van der Waals surface area contributed by atoms with Gasteiger partial charge in [0.05, 0.1) is 0 Å². The fourth-order valence-corrected chi connectivity index (χ4v) is 3.42. The van der Waals surface area contributed by atoms with Crippen LogP contribution < -0.4 is 21.1 Å². The number of aryl methyl sites for hydroxylation is 1. The van der Waals surface area contributed by atoms with Gasteiger partial charge in [0.25, 0.3) is 0 Å². The SMILES string of the molecule is CCNC(=NCCCCn1ccccc1=O)NC1CCN(c2ncccc2F)C1.I. The van der Waals surface area contributed by atoms with Crippen molar-refractivity contribution < 1.29 is 4.39 Å². The average Bonchev–Trinajstić information content (AvgIpc) is 3.17. The van der Waals surface area contributed by atoms with Crippen molar-refractivity contribution in [1.29, 1.82) is 0 Å². The van der Waals surface area contributed by atoms with Crippen molar-refractivity contribution in [3.8, 4) is 0 Å². The lowest BCUT2D eigenvalue weighted by molar-refractivity contribution is 0.594. The first-order valence-electron chi connectivity index (χ1n) is 10.2. The molecular formula is C21H30FIN6O. The van der Waals surface area contributed by atoms with Crippen LogP contribution in [0.25, 0.3) is 0 Å². The highest BCUT2D eigenvalue weighted by Gasteiger charge is 2.25. The molecule has 2 aromatic heterocycles. The molecule has 1 saturated heterocycles. The summed E-state index contributed by atoms with van der Waals surface area (Å²) in [7, 11) is 0. The van der Waals surface area contributed by atoms with Gasteiger partial charge in [-0.1, -0.05) is 6.07 Å². The summed E-state index contributed by atoms with van der Waals surface area (Å²) in [5, 5.41) is 6.71. The highest BCUT2D eigenvalue weighted by atomic mass is 127. The fourth-order valence-electron chi connectivity index (χ4n) is 3.42. The third-order valence-electron chi connectivity index (χ3n) is 4.89. The minimum atomic E-state index is -0.286. The van der Waals surface area contributed by atoms with Gasteiger partial charge in [0.2, 0.25) is 5.56 Å². The fraction of sp³-hybridized carbons (Fsp3) is 0.476. The first kappa shape index (κ1) is 24.1. The van der Waals surface area contributed by atoms with Crippen LogP contribution in [-0.2, 0) is 6.54 Å². The second-order valence-corrected chi connectivity index (χ2v) is 7.08. The Balaban J connectivity index is 0.00000320. The Bertz CT molecular complexity index is 874. The number of unbranched alkanes of at least 4 members (excludes halogenated alkanes) is 1. The Morgan fingerprint density at radius 1 is 1.30 bits per heavy atom. The molecule has 9 heteroatoms. The van der Waals surface area contributed by atoms with Gasteiger partial charge in [0.15, 0.2) is 17.6 Å². The van der Waals surface area contributed by atoms with Gasteiger partial charge in [-0.25, -0.2) is 9.37 Å². The zero-order valence-corrected chi connectivity index (χ0v) is 19.6. The van der Waals surface area contributed by atoms with E-state index < -0.39 is 0 Å². The Labute approximate surface area is 193 Å². The smallest absolute Gasteiger partial charge is 0.250 e. The number of aromatic nitrogens is 2. The normalized spacial score (nSPS) is 16.3. The van der Waals surface area contributed by atoms with Gasteiger partial charge in [-0.15, -0.1) is 24.0 Å². The first-order valence-corrected chi connectivity index (χ1v) is 10.2. The van der Waals surface area contributed by atoms with E-state index in [1.54, 1.807) is 29.0 Å². The quantitative estimate of drug-likeness (QED) is 0.239. The van der Waals surface area contributed by atoms with Crippen molar-refractivity contribution in [1.82, 2.24) is 20.2 Å². The summed E-state index contributed by atoms with van der Waals surface area (Å²) in [6.07, 6.45) is 6.12. The summed E-state index contributed by atoms with van der Waals surface area (Å²) in [4.78, 5) is 22.5. The molecule has 164 valence electrons. The van der Waals surface area contributed by atoms with E-state index in [0.29, 0.717) is 25.5 Å². The molecule has 3 rings (SSSR count). The number of aliphatic imine (C=N–C) groups is 1. The molecule has 2 N–H and O–H groups in total. The maximum absolute atomic E-state index is 14.0. The van der Waals surface area contributed by atoms with Crippen molar-refractivity contribution in [2.24, 2.45) is 4.99 Å². The molecule has 3 heterocycles. The van der Waals surface area contributed by atoms with E-state index in [1.807, 2.05) is 24.1 Å². The van der Waals surface area contributed by atoms with Gasteiger partial charge in [-0.3, -0.25) is 9.79 Å². The summed E-state index contributed by atoms with van der Waals surface area (Å²) in [5.74, 6) is 0.902. The number of anilines is 1. The third kappa shape index (κ3) is 6.96. The minimum absolute atomic E-state index is 0. The summed E-state index contributed by atoms with van der Waals surface area (Å²) in [6, 6.07) is 8.44. The van der Waals surface area contributed by atoms with Crippen molar-refractivity contribution in [3.05, 3.63) is 58.9 Å². The Hall–Kier alpha value is -2.17. The average molecular weight is 528 g/mol. The summed E-state index contributed by atoms with van der Waals surface area (Å²) < 4.78 is 15.7. The van der Waals surface area contributed by atoms with Gasteiger partial charge >= 0.3 is 0 Å². The monoisotopic (exact) mass is 528 g/mol. The molecule has 2 aromatic rings. The van der Waals surface area contributed by atoms with Crippen LogP contribution in [0.15, 0.2) is 52.5 Å². The van der Waals surface area contributed by atoms with Crippen molar-refractivity contribution >= 4 is 35.8 Å². The maximum atomic E-state index is 14.0. The first-order chi connectivity index (χ1) is 14.2. The van der Waals surface area contributed by atoms with Gasteiger partial charge in [0.1, 0.15) is 0 Å². The molecule has 1 aliphatic heterocycles. The summed E-state index contributed by atoms with van der Waals surface area (Å²) in [5.41, 5.74) is 0.0288. The van der Waals surface area contributed by atoms with Gasteiger partial charge in [-0.05, 0) is 44.4 Å². The zero-order chi connectivity index (χ0) is 20.5. The van der Waals surface area contributed by atoms with Crippen LogP contribution in [0.4, 0.5) is 10.2 Å². The van der Waals surface area contributed by atoms with Gasteiger partial charge in [0, 0.05) is 57.2 Å². The Morgan fingerprint density at radius 2 is 2.17 bits per heavy atom. The molecule has 0 spiro atoms. The van der Waals surface area contributed by atoms with E-state index in [1.165, 1.54) is 6.07 Å². The molecule has 1 atom stereocenters. The number of hydrogen-bond acceptors (Lipinski definition) is 4. The molecule has 0 saturated carbocycles. The number of hydrogen-bond donors (Lipinski definition) is 2. The predicted molar refractivity (Wildman–Crippen MR) is 129 cm³/mol. The Morgan fingerprint density at radius 3 is 2.93 bits per heavy atom. The summed E-state index contributed by atoms with van der Waals surface area (Å²) >= 11 is 0. The van der Waals surface area contributed by atoms with Crippen LogP contribution >= 0.6 is 24.0 Å². The van der Waals surface area contributed by atoms with Crippen LogP contribution in [0.3, 0.4) is 0 Å². The van der Waals surface area contributed by atoms with E-state index in [0.717, 1.165) is 38.3 Å². The second-order valence-electron chi connectivity index (χ2n) is 7.08. The van der Waals surface area contributed by atoms with Crippen molar-refractivity contribution in [2.75, 3.05) is 31.1 Å². The second kappa shape index (κ2) is 12.5. The third-order valence-corrected chi connectivity index (χ3v) is 4.89. The molecular weight excluding hydrogens is 498 g/mol. The number of pyridine rings is 2. The number of nitrogens with zero attached hydrogens (tertiary/aromatic N) is 4. The van der Waals surface area contributed by atoms with E-state index in [9.17, 15) is 9.18 Å². The number of halogens is 2. The van der Waals surface area contributed by atoms with E-state index >= 15 is 0 Å². The van der Waals surface area contributed by atoms with Gasteiger partial charge < -0.3 is 20.1 Å². The molecule has 0 aliphatic carbocycles. The lowest BCUT2D eigenvalue weighted by Gasteiger charge is -2.20. The highest BCUT2D eigenvalue weighted by Crippen LogP contribution is 2.20. The molecule has 0 amide bonds. The molecule has 0 aromatic carbocycles. The van der Waals surface area contributed by atoms with E-state index in [-0.39, 0.29) is 41.4 Å². The molecule has 1 aliphatic rings. The maximum Gasteiger partial charge on any atom is 0.250 e. The van der Waals surface area contributed by atoms with Crippen molar-refractivity contribution in [3.63, 3.8) is 0 Å². The topological polar surface area (TPSA) is 74.6 Å². The number of nitrogens with one attached hydrogen (secondary N) is 2. The van der Waals surface area contributed by atoms with E-state index in [4.69, 9.17) is 0 Å². The van der Waals surface area contributed by atoms with Crippen LogP contribution in [0.1, 0.15) is 26.2 Å². The van der Waals surface area contributed by atoms with Crippen LogP contribution in [-0.4, -0.2) is 47.7 Å². The van der Waals surface area contributed by atoms with Crippen LogP contribution in [0.5, 0.6) is 0 Å². The lowest BCUT2D eigenvalue weighted by Crippen LogP contribution is -2.44. The van der Waals surface area contributed by atoms with E-state index in [2.05, 4.69) is 20.6 Å². The standard InChI is InChI=1S/C21H29FN6O.HI/c1-2-23-21(25-11-4-6-14-27-13-5-3-9-19(27)29)26-17-10-15-28(16-17)20-18(22)8-7-12-24-20;/h3,5,7-9,12-13,17H,2,4,6,10-11,14-16H2,1H3,(H2,23,25,26);1H. The Kier molecular flexibility index (Phi) is 10.0. The molecule has 0 radical (unpaired) electrons. The zero-order valence-electron chi connectivity index (χ0n) is 17.3. The molecule has 1 fully saturated rings. The number of guanidine groups is 1. The molecule has 7 nitrogen and oxygen atoms in total. The van der Waals surface area contributed by atoms with Gasteiger partial charge in [-0.2, -0.15) is 0 Å². The molecule has 30 heavy (non-hydrogen) atoms. The lowest BCUT2D eigenvalue weighted by atomic mass is 10.3. The molecule has 1 unspecified atom stereocenters. The molecule has 0 bridgehead atoms. The predicted octanol–water partition coefficient (Wildman–Crippen LogP) is 2.61. The van der Waals surface area contributed by atoms with Crippen molar-refractivity contribution in [2.45, 2.75) is 38.8 Å². The van der Waals surface area contributed by atoms with Crippen LogP contribution in [0, 0.1) is 5.82 Å². The minimum Gasteiger partial charge on any atom is -0.357 e. The summed E-state index contributed by atoms with van der Waals surface area (Å²) in [6.45, 7) is 5.64. The highest BCUT2D eigenvalue weighted by molar-refractivity contribution is 14.0.